The Bertz CT molecular complexity index is 386. The number of hydrogen-bond acceptors (Lipinski definition) is 2. The lowest BCUT2D eigenvalue weighted by atomic mass is 10.3. The molecule has 0 aliphatic rings. The van der Waals surface area contributed by atoms with Crippen molar-refractivity contribution in [3.8, 4) is 0 Å². The highest BCUT2D eigenvalue weighted by Gasteiger charge is 2.29. The number of hydrogen-bond donors (Lipinski definition) is 2. The standard InChI is InChI=1S/C10H14F3N3O/c1-7(5-14)15-9(17)8-3-2-4-16(8)6-10(11,12)13/h2-4,7H,5-6,14H2,1H3,(H,15,17). The van der Waals surface area contributed by atoms with E-state index in [0.29, 0.717) is 0 Å². The molecule has 0 spiro atoms. The number of nitrogens with two attached hydrogens (primary N) is 1. The lowest BCUT2D eigenvalue weighted by Crippen LogP contribution is -2.39. The number of alkyl halides is 3. The molecule has 0 aliphatic heterocycles. The van der Waals surface area contributed by atoms with E-state index in [9.17, 15) is 18.0 Å². The van der Waals surface area contributed by atoms with Crippen molar-refractivity contribution in [2.75, 3.05) is 6.54 Å². The number of nitrogens with zero attached hydrogens (tertiary/aromatic N) is 1. The maximum Gasteiger partial charge on any atom is 0.406 e. The molecule has 1 amide bonds. The molecule has 7 heteroatoms. The van der Waals surface area contributed by atoms with Crippen LogP contribution in [0.3, 0.4) is 0 Å². The van der Waals surface area contributed by atoms with Gasteiger partial charge in [-0.05, 0) is 19.1 Å². The molecule has 0 aliphatic carbocycles. The van der Waals surface area contributed by atoms with Crippen LogP contribution < -0.4 is 11.1 Å². The second-order valence-electron chi connectivity index (χ2n) is 3.75. The van der Waals surface area contributed by atoms with Gasteiger partial charge >= 0.3 is 6.18 Å². The summed E-state index contributed by atoms with van der Waals surface area (Å²) >= 11 is 0. The van der Waals surface area contributed by atoms with Gasteiger partial charge in [0.25, 0.3) is 5.91 Å². The zero-order valence-electron chi connectivity index (χ0n) is 9.29. The molecule has 1 heterocycles. The molecular formula is C10H14F3N3O. The van der Waals surface area contributed by atoms with Crippen molar-refractivity contribution >= 4 is 5.91 Å². The van der Waals surface area contributed by atoms with Crippen LogP contribution in [0.4, 0.5) is 13.2 Å². The molecule has 0 saturated carbocycles. The van der Waals surface area contributed by atoms with Gasteiger partial charge in [-0.15, -0.1) is 0 Å². The van der Waals surface area contributed by atoms with Gasteiger partial charge in [-0.2, -0.15) is 13.2 Å². The minimum absolute atomic E-state index is 0.0253. The Morgan fingerprint density at radius 1 is 1.59 bits per heavy atom. The van der Waals surface area contributed by atoms with Crippen LogP contribution in [0.25, 0.3) is 0 Å². The van der Waals surface area contributed by atoms with Crippen LogP contribution in [-0.4, -0.2) is 29.2 Å². The number of rotatable bonds is 4. The van der Waals surface area contributed by atoms with E-state index in [1.54, 1.807) is 6.92 Å². The highest BCUT2D eigenvalue weighted by molar-refractivity contribution is 5.92. The van der Waals surface area contributed by atoms with Gasteiger partial charge in [-0.1, -0.05) is 0 Å². The number of halogens is 3. The quantitative estimate of drug-likeness (QED) is 0.840. The van der Waals surface area contributed by atoms with Gasteiger partial charge in [0, 0.05) is 18.8 Å². The van der Waals surface area contributed by atoms with Gasteiger partial charge in [0.2, 0.25) is 0 Å². The smallest absolute Gasteiger partial charge is 0.347 e. The molecule has 0 saturated heterocycles. The van der Waals surface area contributed by atoms with Gasteiger partial charge in [-0.3, -0.25) is 4.79 Å². The molecule has 0 radical (unpaired) electrons. The first kappa shape index (κ1) is 13.6. The van der Waals surface area contributed by atoms with Crippen molar-refractivity contribution < 1.29 is 18.0 Å². The summed E-state index contributed by atoms with van der Waals surface area (Å²) in [5.41, 5.74) is 5.29. The van der Waals surface area contributed by atoms with Crippen molar-refractivity contribution in [2.45, 2.75) is 25.7 Å². The molecule has 1 rings (SSSR count). The van der Waals surface area contributed by atoms with E-state index < -0.39 is 18.6 Å². The molecule has 1 aromatic rings. The first-order valence-electron chi connectivity index (χ1n) is 5.06. The van der Waals surface area contributed by atoms with Crippen LogP contribution in [0, 0.1) is 0 Å². The van der Waals surface area contributed by atoms with Crippen LogP contribution >= 0.6 is 0 Å². The zero-order valence-corrected chi connectivity index (χ0v) is 9.29. The highest BCUT2D eigenvalue weighted by Crippen LogP contribution is 2.18. The van der Waals surface area contributed by atoms with Crippen molar-refractivity contribution in [1.82, 2.24) is 9.88 Å². The third-order valence-corrected chi connectivity index (χ3v) is 2.14. The van der Waals surface area contributed by atoms with E-state index in [0.717, 1.165) is 4.57 Å². The molecule has 17 heavy (non-hydrogen) atoms. The lowest BCUT2D eigenvalue weighted by Gasteiger charge is -2.14. The summed E-state index contributed by atoms with van der Waals surface area (Å²) in [6.07, 6.45) is -3.14. The number of nitrogens with one attached hydrogen (secondary N) is 1. The fourth-order valence-electron chi connectivity index (χ4n) is 1.31. The second kappa shape index (κ2) is 5.22. The number of amides is 1. The van der Waals surface area contributed by atoms with E-state index in [2.05, 4.69) is 5.32 Å². The SMILES string of the molecule is CC(CN)NC(=O)c1cccn1CC(F)(F)F. The van der Waals surface area contributed by atoms with E-state index >= 15 is 0 Å². The topological polar surface area (TPSA) is 60.0 Å². The largest absolute Gasteiger partial charge is 0.406 e. The third-order valence-electron chi connectivity index (χ3n) is 2.14. The third kappa shape index (κ3) is 4.10. The maximum absolute atomic E-state index is 12.2. The van der Waals surface area contributed by atoms with Gasteiger partial charge < -0.3 is 15.6 Å². The Balaban J connectivity index is 2.78. The highest BCUT2D eigenvalue weighted by atomic mass is 19.4. The molecule has 1 unspecified atom stereocenters. The minimum atomic E-state index is -4.35. The van der Waals surface area contributed by atoms with Gasteiger partial charge in [0.1, 0.15) is 12.2 Å². The molecule has 0 fully saturated rings. The molecule has 3 N–H and O–H groups in total. The Kier molecular flexibility index (Phi) is 4.17. The Labute approximate surface area is 96.6 Å². The number of carbonyl (C=O) groups is 1. The number of carbonyl (C=O) groups excluding carboxylic acids is 1. The molecular weight excluding hydrogens is 235 g/mol. The van der Waals surface area contributed by atoms with E-state index in [-0.39, 0.29) is 18.3 Å². The van der Waals surface area contributed by atoms with Crippen LogP contribution in [-0.2, 0) is 6.54 Å². The molecule has 1 atom stereocenters. The molecule has 4 nitrogen and oxygen atoms in total. The zero-order chi connectivity index (χ0) is 13.1. The second-order valence-corrected chi connectivity index (χ2v) is 3.75. The summed E-state index contributed by atoms with van der Waals surface area (Å²) in [4.78, 5) is 11.6. The first-order valence-corrected chi connectivity index (χ1v) is 5.06. The predicted molar refractivity (Wildman–Crippen MR) is 56.5 cm³/mol. The average Bonchev–Trinajstić information content (AvgIpc) is 2.62. The van der Waals surface area contributed by atoms with Crippen LogP contribution in [0.15, 0.2) is 18.3 Å². The van der Waals surface area contributed by atoms with E-state index in [4.69, 9.17) is 5.73 Å². The Morgan fingerprint density at radius 2 is 2.24 bits per heavy atom. The molecule has 1 aromatic heterocycles. The summed E-state index contributed by atoms with van der Waals surface area (Å²) in [5.74, 6) is -0.558. The Morgan fingerprint density at radius 3 is 2.76 bits per heavy atom. The summed E-state index contributed by atoms with van der Waals surface area (Å²) in [6.45, 7) is 0.723. The van der Waals surface area contributed by atoms with Crippen LogP contribution in [0.5, 0.6) is 0 Å². The minimum Gasteiger partial charge on any atom is -0.347 e. The first-order chi connectivity index (χ1) is 7.83. The average molecular weight is 249 g/mol. The van der Waals surface area contributed by atoms with Crippen molar-refractivity contribution in [3.05, 3.63) is 24.0 Å². The van der Waals surface area contributed by atoms with Gasteiger partial charge in [0.15, 0.2) is 0 Å². The fraction of sp³-hybridized carbons (Fsp3) is 0.500. The van der Waals surface area contributed by atoms with E-state index in [1.165, 1.54) is 18.3 Å². The molecule has 96 valence electrons. The normalized spacial score (nSPS) is 13.5. The van der Waals surface area contributed by atoms with Crippen molar-refractivity contribution in [3.63, 3.8) is 0 Å². The van der Waals surface area contributed by atoms with Crippen LogP contribution in [0.1, 0.15) is 17.4 Å². The molecule has 0 bridgehead atoms. The maximum atomic E-state index is 12.2. The fourth-order valence-corrected chi connectivity index (χ4v) is 1.31. The predicted octanol–water partition coefficient (Wildman–Crippen LogP) is 1.13. The molecule has 0 aromatic carbocycles. The monoisotopic (exact) mass is 249 g/mol. The lowest BCUT2D eigenvalue weighted by molar-refractivity contribution is -0.140. The van der Waals surface area contributed by atoms with Gasteiger partial charge in [0.05, 0.1) is 0 Å². The van der Waals surface area contributed by atoms with Crippen molar-refractivity contribution in [1.29, 1.82) is 0 Å². The summed E-state index contributed by atoms with van der Waals surface area (Å²) in [6, 6.07) is 2.45. The Hall–Kier alpha value is -1.50. The summed E-state index contributed by atoms with van der Waals surface area (Å²) in [5, 5.41) is 2.51. The number of aromatic nitrogens is 1. The van der Waals surface area contributed by atoms with Crippen molar-refractivity contribution in [2.24, 2.45) is 5.73 Å². The van der Waals surface area contributed by atoms with Crippen LogP contribution in [0.2, 0.25) is 0 Å². The van der Waals surface area contributed by atoms with E-state index in [1.807, 2.05) is 0 Å². The van der Waals surface area contributed by atoms with Gasteiger partial charge in [-0.25, -0.2) is 0 Å². The summed E-state index contributed by atoms with van der Waals surface area (Å²) < 4.78 is 37.5. The summed E-state index contributed by atoms with van der Waals surface area (Å²) in [7, 11) is 0.